The Kier molecular flexibility index (Phi) is 6.42. The second-order valence-corrected chi connectivity index (χ2v) is 5.45. The Morgan fingerprint density at radius 1 is 1.38 bits per heavy atom. The molecule has 0 aliphatic carbocycles. The van der Waals surface area contributed by atoms with Gasteiger partial charge in [-0.25, -0.2) is 4.98 Å². The number of aromatic nitrogens is 1. The molecule has 0 radical (unpaired) electrons. The molecule has 0 atom stereocenters. The Balaban J connectivity index is 2.67. The molecule has 0 saturated heterocycles. The van der Waals surface area contributed by atoms with E-state index >= 15 is 0 Å². The number of aliphatic carboxylic acids is 1. The molecule has 0 saturated carbocycles. The van der Waals surface area contributed by atoms with Crippen LogP contribution in [0.1, 0.15) is 20.3 Å². The van der Waals surface area contributed by atoms with Crippen molar-refractivity contribution in [3.63, 3.8) is 0 Å². The number of carbonyl (C=O) groups excluding carboxylic acids is 1. The standard InChI is InChI=1S/C14H20ClN3O3/c1-10(2)18(7-6-14(20)21)13(19)9-17(3)12-5-4-11(15)8-16-12/h4-5,8,10H,6-7,9H2,1-3H3,(H,20,21). The van der Waals surface area contributed by atoms with E-state index in [4.69, 9.17) is 16.7 Å². The van der Waals surface area contributed by atoms with Crippen LogP contribution < -0.4 is 4.90 Å². The van der Waals surface area contributed by atoms with Crippen LogP contribution in [0.25, 0.3) is 0 Å². The zero-order valence-electron chi connectivity index (χ0n) is 12.4. The Labute approximate surface area is 129 Å². The number of amides is 1. The minimum absolute atomic E-state index is 0.0524. The third-order valence-corrected chi connectivity index (χ3v) is 3.21. The second kappa shape index (κ2) is 7.83. The van der Waals surface area contributed by atoms with E-state index in [0.29, 0.717) is 10.8 Å². The number of hydrogen-bond donors (Lipinski definition) is 1. The van der Waals surface area contributed by atoms with Gasteiger partial charge in [0.25, 0.3) is 0 Å². The van der Waals surface area contributed by atoms with Crippen molar-refractivity contribution in [1.82, 2.24) is 9.88 Å². The molecular formula is C14H20ClN3O3. The molecule has 0 spiro atoms. The van der Waals surface area contributed by atoms with E-state index in [0.717, 1.165) is 0 Å². The SMILES string of the molecule is CC(C)N(CCC(=O)O)C(=O)CN(C)c1ccc(Cl)cn1. The number of carboxylic acid groups (broad SMARTS) is 1. The summed E-state index contributed by atoms with van der Waals surface area (Å²) in [5.74, 6) is -0.415. The maximum absolute atomic E-state index is 12.3. The van der Waals surface area contributed by atoms with Crippen molar-refractivity contribution < 1.29 is 14.7 Å². The van der Waals surface area contributed by atoms with Gasteiger partial charge in [-0.15, -0.1) is 0 Å². The molecule has 0 unspecified atom stereocenters. The molecule has 1 aromatic rings. The predicted molar refractivity (Wildman–Crippen MR) is 81.6 cm³/mol. The highest BCUT2D eigenvalue weighted by Crippen LogP contribution is 2.13. The number of likely N-dealkylation sites (N-methyl/N-ethyl adjacent to an activating group) is 1. The van der Waals surface area contributed by atoms with E-state index < -0.39 is 5.97 Å². The largest absolute Gasteiger partial charge is 0.481 e. The maximum Gasteiger partial charge on any atom is 0.305 e. The number of halogens is 1. The third kappa shape index (κ3) is 5.59. The smallest absolute Gasteiger partial charge is 0.305 e. The van der Waals surface area contributed by atoms with Crippen molar-refractivity contribution in [1.29, 1.82) is 0 Å². The molecule has 0 fully saturated rings. The summed E-state index contributed by atoms with van der Waals surface area (Å²) in [7, 11) is 1.75. The third-order valence-electron chi connectivity index (χ3n) is 2.99. The van der Waals surface area contributed by atoms with Gasteiger partial charge in [0.2, 0.25) is 5.91 Å². The van der Waals surface area contributed by atoms with Crippen LogP contribution in [0.15, 0.2) is 18.3 Å². The van der Waals surface area contributed by atoms with Gasteiger partial charge in [0, 0.05) is 25.8 Å². The van der Waals surface area contributed by atoms with Gasteiger partial charge in [-0.2, -0.15) is 0 Å². The van der Waals surface area contributed by atoms with Gasteiger partial charge >= 0.3 is 5.97 Å². The average molecular weight is 314 g/mol. The first-order chi connectivity index (χ1) is 9.81. The van der Waals surface area contributed by atoms with Crippen LogP contribution in [0.5, 0.6) is 0 Å². The number of hydrogen-bond acceptors (Lipinski definition) is 4. The summed E-state index contributed by atoms with van der Waals surface area (Å²) in [6, 6.07) is 3.38. The Hall–Kier alpha value is -1.82. The number of carboxylic acids is 1. The summed E-state index contributed by atoms with van der Waals surface area (Å²) in [5, 5.41) is 9.27. The van der Waals surface area contributed by atoms with Crippen molar-refractivity contribution in [3.8, 4) is 0 Å². The fraction of sp³-hybridized carbons (Fsp3) is 0.500. The normalized spacial score (nSPS) is 10.5. The molecule has 0 bridgehead atoms. The van der Waals surface area contributed by atoms with Crippen molar-refractivity contribution in [2.24, 2.45) is 0 Å². The zero-order valence-corrected chi connectivity index (χ0v) is 13.2. The summed E-state index contributed by atoms with van der Waals surface area (Å²) in [5.41, 5.74) is 0. The lowest BCUT2D eigenvalue weighted by atomic mass is 10.2. The van der Waals surface area contributed by atoms with E-state index in [-0.39, 0.29) is 31.5 Å². The van der Waals surface area contributed by atoms with E-state index in [1.54, 1.807) is 29.0 Å². The molecule has 116 valence electrons. The van der Waals surface area contributed by atoms with Crippen molar-refractivity contribution >= 4 is 29.3 Å². The van der Waals surface area contributed by atoms with Crippen LogP contribution in [-0.4, -0.2) is 53.0 Å². The molecule has 0 aliphatic heterocycles. The van der Waals surface area contributed by atoms with Crippen LogP contribution in [0.4, 0.5) is 5.82 Å². The van der Waals surface area contributed by atoms with Crippen LogP contribution in [0.2, 0.25) is 5.02 Å². The van der Waals surface area contributed by atoms with Crippen LogP contribution in [0, 0.1) is 0 Å². The van der Waals surface area contributed by atoms with Crippen molar-refractivity contribution in [2.75, 3.05) is 25.0 Å². The van der Waals surface area contributed by atoms with Gasteiger partial charge in [0.15, 0.2) is 0 Å². The summed E-state index contributed by atoms with van der Waals surface area (Å²) < 4.78 is 0. The average Bonchev–Trinajstić information content (AvgIpc) is 2.38. The van der Waals surface area contributed by atoms with Gasteiger partial charge < -0.3 is 14.9 Å². The highest BCUT2D eigenvalue weighted by molar-refractivity contribution is 6.30. The number of nitrogens with zero attached hydrogens (tertiary/aromatic N) is 3. The summed E-state index contributed by atoms with van der Waals surface area (Å²) in [6.45, 7) is 4.06. The van der Waals surface area contributed by atoms with Gasteiger partial charge in [0.1, 0.15) is 5.82 Å². The monoisotopic (exact) mass is 313 g/mol. The molecule has 1 N–H and O–H groups in total. The molecule has 1 aromatic heterocycles. The first-order valence-corrected chi connectivity index (χ1v) is 7.03. The summed E-state index contributed by atoms with van der Waals surface area (Å²) in [6.07, 6.45) is 1.45. The van der Waals surface area contributed by atoms with Crippen molar-refractivity contribution in [2.45, 2.75) is 26.3 Å². The van der Waals surface area contributed by atoms with E-state index in [1.807, 2.05) is 13.8 Å². The molecule has 0 aromatic carbocycles. The maximum atomic E-state index is 12.3. The predicted octanol–water partition coefficient (Wildman–Crippen LogP) is 1.88. The highest BCUT2D eigenvalue weighted by Gasteiger charge is 2.19. The van der Waals surface area contributed by atoms with Crippen molar-refractivity contribution in [3.05, 3.63) is 23.4 Å². The Morgan fingerprint density at radius 3 is 2.52 bits per heavy atom. The molecule has 0 aliphatic rings. The second-order valence-electron chi connectivity index (χ2n) is 5.02. The first-order valence-electron chi connectivity index (χ1n) is 6.65. The summed E-state index contributed by atoms with van der Waals surface area (Å²) in [4.78, 5) is 30.3. The van der Waals surface area contributed by atoms with E-state index in [1.165, 1.54) is 6.20 Å². The molecule has 1 amide bonds. The fourth-order valence-corrected chi connectivity index (χ4v) is 1.97. The number of pyridine rings is 1. The molecular weight excluding hydrogens is 294 g/mol. The lowest BCUT2D eigenvalue weighted by Crippen LogP contribution is -2.44. The Morgan fingerprint density at radius 2 is 2.05 bits per heavy atom. The molecule has 1 rings (SSSR count). The minimum atomic E-state index is -0.916. The first kappa shape index (κ1) is 17.2. The molecule has 6 nitrogen and oxygen atoms in total. The Bertz CT molecular complexity index is 491. The number of rotatable bonds is 7. The lowest BCUT2D eigenvalue weighted by Gasteiger charge is -2.28. The van der Waals surface area contributed by atoms with Gasteiger partial charge in [-0.1, -0.05) is 11.6 Å². The minimum Gasteiger partial charge on any atom is -0.481 e. The van der Waals surface area contributed by atoms with Gasteiger partial charge in [-0.05, 0) is 26.0 Å². The summed E-state index contributed by atoms with van der Waals surface area (Å²) >= 11 is 5.77. The van der Waals surface area contributed by atoms with E-state index in [2.05, 4.69) is 4.98 Å². The fourth-order valence-electron chi connectivity index (χ4n) is 1.86. The number of carbonyl (C=O) groups is 2. The zero-order chi connectivity index (χ0) is 16.0. The van der Waals surface area contributed by atoms with Crippen LogP contribution in [-0.2, 0) is 9.59 Å². The molecule has 7 heteroatoms. The van der Waals surface area contributed by atoms with Crippen LogP contribution in [0.3, 0.4) is 0 Å². The van der Waals surface area contributed by atoms with Gasteiger partial charge in [0.05, 0.1) is 18.0 Å². The molecule has 1 heterocycles. The van der Waals surface area contributed by atoms with Crippen LogP contribution >= 0.6 is 11.6 Å². The topological polar surface area (TPSA) is 73.7 Å². The quantitative estimate of drug-likeness (QED) is 0.832. The van der Waals surface area contributed by atoms with Gasteiger partial charge in [-0.3, -0.25) is 9.59 Å². The molecule has 21 heavy (non-hydrogen) atoms. The highest BCUT2D eigenvalue weighted by atomic mass is 35.5. The lowest BCUT2D eigenvalue weighted by molar-refractivity contribution is -0.138. The number of anilines is 1. The van der Waals surface area contributed by atoms with E-state index in [9.17, 15) is 9.59 Å².